The molecule has 0 spiro atoms. The van der Waals surface area contributed by atoms with Crippen molar-refractivity contribution in [3.05, 3.63) is 106 Å². The van der Waals surface area contributed by atoms with Crippen LogP contribution in [-0.2, 0) is 4.79 Å². The van der Waals surface area contributed by atoms with E-state index in [1.165, 1.54) is 22.5 Å². The Morgan fingerprint density at radius 3 is 2.54 bits per heavy atom. The second kappa shape index (κ2) is 9.78. The van der Waals surface area contributed by atoms with Gasteiger partial charge in [0.1, 0.15) is 5.75 Å². The minimum absolute atomic E-state index is 0.207. The van der Waals surface area contributed by atoms with Gasteiger partial charge in [-0.1, -0.05) is 48.5 Å². The van der Waals surface area contributed by atoms with Crippen LogP contribution in [0, 0.1) is 0 Å². The van der Waals surface area contributed by atoms with Gasteiger partial charge in [0.2, 0.25) is 0 Å². The maximum absolute atomic E-state index is 13.2. The van der Waals surface area contributed by atoms with Crippen LogP contribution >= 0.6 is 11.8 Å². The highest BCUT2D eigenvalue weighted by Crippen LogP contribution is 2.29. The second-order valence-corrected chi connectivity index (χ2v) is 8.45. The lowest BCUT2D eigenvalue weighted by atomic mass is 10.2. The van der Waals surface area contributed by atoms with Crippen molar-refractivity contribution in [1.82, 2.24) is 14.9 Å². The van der Waals surface area contributed by atoms with E-state index in [-0.39, 0.29) is 11.5 Å². The molecule has 1 N–H and O–H groups in total. The molecule has 172 valence electrons. The molecular weight excluding hydrogens is 462 g/mol. The number of carbonyl (C=O) groups is 1. The number of nitrogens with one attached hydrogen (secondary N) is 1. The second-order valence-electron chi connectivity index (χ2n) is 7.42. The smallest absolute Gasteiger partial charge is 0.266 e. The molecule has 1 saturated heterocycles. The van der Waals surface area contributed by atoms with Gasteiger partial charge in [-0.05, 0) is 48.2 Å². The van der Waals surface area contributed by atoms with Gasteiger partial charge < -0.3 is 4.74 Å². The van der Waals surface area contributed by atoms with Crippen molar-refractivity contribution in [3.8, 4) is 11.4 Å². The Morgan fingerprint density at radius 1 is 0.971 bits per heavy atom. The highest BCUT2D eigenvalue weighted by molar-refractivity contribution is 8.18. The van der Waals surface area contributed by atoms with E-state index in [4.69, 9.17) is 4.74 Å². The number of hydrogen-bond donors (Lipinski definition) is 1. The van der Waals surface area contributed by atoms with Crippen LogP contribution in [0.3, 0.4) is 0 Å². The Hall–Kier alpha value is -4.50. The van der Waals surface area contributed by atoms with Crippen LogP contribution in [0.25, 0.3) is 22.7 Å². The summed E-state index contributed by atoms with van der Waals surface area (Å²) >= 11 is 1.17. The van der Waals surface area contributed by atoms with E-state index in [9.17, 15) is 9.59 Å². The summed E-state index contributed by atoms with van der Waals surface area (Å²) < 4.78 is 6.83. The zero-order valence-electron chi connectivity index (χ0n) is 18.6. The number of aromatic nitrogens is 2. The molecule has 0 radical (unpaired) electrons. The van der Waals surface area contributed by atoms with Crippen LogP contribution in [0.2, 0.25) is 0 Å². The van der Waals surface area contributed by atoms with Crippen molar-refractivity contribution in [2.45, 2.75) is 0 Å². The molecule has 1 fully saturated rings. The number of amides is 1. The van der Waals surface area contributed by atoms with Crippen LogP contribution < -0.4 is 15.6 Å². The molecule has 0 saturated carbocycles. The molecule has 0 unspecified atom stereocenters. The summed E-state index contributed by atoms with van der Waals surface area (Å²) in [5, 5.41) is 11.8. The van der Waals surface area contributed by atoms with Crippen LogP contribution in [0.15, 0.2) is 98.8 Å². The summed E-state index contributed by atoms with van der Waals surface area (Å²) in [6, 6.07) is 23.8. The molecule has 4 aromatic rings. The van der Waals surface area contributed by atoms with Crippen molar-refractivity contribution in [3.63, 3.8) is 0 Å². The van der Waals surface area contributed by atoms with E-state index in [1.807, 2.05) is 60.7 Å². The lowest BCUT2D eigenvalue weighted by Crippen LogP contribution is -2.23. The molecule has 0 aliphatic carbocycles. The standard InChI is InChI=1S/C26H19N5O3S/c1-34-21-14-8-5-9-17(21)15-22-24(32)29-26(35-22)30-27-16-23-28-20-13-7-6-12-19(20)25(33)31(23)18-10-3-2-4-11-18/h2-16H,1H3,(H,29,30,32)/b22-15+,27-16+. The van der Waals surface area contributed by atoms with Gasteiger partial charge in [-0.2, -0.15) is 5.10 Å². The van der Waals surface area contributed by atoms with E-state index < -0.39 is 0 Å². The van der Waals surface area contributed by atoms with Crippen molar-refractivity contribution >= 4 is 46.0 Å². The monoisotopic (exact) mass is 481 g/mol. The van der Waals surface area contributed by atoms with E-state index in [0.29, 0.717) is 38.2 Å². The quantitative estimate of drug-likeness (QED) is 0.264. The van der Waals surface area contributed by atoms with Crippen LogP contribution in [0.5, 0.6) is 5.75 Å². The van der Waals surface area contributed by atoms with E-state index in [2.05, 4.69) is 20.5 Å². The number of amidine groups is 1. The Kier molecular flexibility index (Phi) is 6.23. The SMILES string of the molecule is COc1ccccc1/C=C1/S/C(=N\N=C\c2nc3ccccc3c(=O)n2-c2ccccc2)NC1=O. The van der Waals surface area contributed by atoms with Crippen molar-refractivity contribution in [2.75, 3.05) is 7.11 Å². The summed E-state index contributed by atoms with van der Waals surface area (Å²) in [6.07, 6.45) is 3.14. The molecule has 1 aliphatic heterocycles. The molecule has 1 amide bonds. The van der Waals surface area contributed by atoms with Crippen molar-refractivity contribution in [2.24, 2.45) is 10.2 Å². The number of ether oxygens (including phenoxy) is 1. The number of methoxy groups -OCH3 is 1. The fourth-order valence-corrected chi connectivity index (χ4v) is 4.37. The lowest BCUT2D eigenvalue weighted by molar-refractivity contribution is -0.115. The average molecular weight is 482 g/mol. The normalized spacial score (nSPS) is 15.9. The number of thioether (sulfide) groups is 1. The predicted molar refractivity (Wildman–Crippen MR) is 139 cm³/mol. The molecule has 5 rings (SSSR count). The Balaban J connectivity index is 1.48. The zero-order valence-corrected chi connectivity index (χ0v) is 19.4. The van der Waals surface area contributed by atoms with Crippen LogP contribution in [0.1, 0.15) is 11.4 Å². The minimum atomic E-state index is -0.278. The van der Waals surface area contributed by atoms with Crippen molar-refractivity contribution in [1.29, 1.82) is 0 Å². The van der Waals surface area contributed by atoms with Crippen LogP contribution in [0.4, 0.5) is 0 Å². The molecule has 2 heterocycles. The van der Waals surface area contributed by atoms with Gasteiger partial charge in [0.15, 0.2) is 11.0 Å². The first-order valence-corrected chi connectivity index (χ1v) is 11.5. The van der Waals surface area contributed by atoms with Crippen molar-refractivity contribution < 1.29 is 9.53 Å². The fourth-order valence-electron chi connectivity index (χ4n) is 3.60. The molecule has 9 heteroatoms. The van der Waals surface area contributed by atoms with Gasteiger partial charge in [-0.25, -0.2) is 4.98 Å². The van der Waals surface area contributed by atoms with E-state index in [1.54, 1.807) is 31.4 Å². The summed E-state index contributed by atoms with van der Waals surface area (Å²) in [5.74, 6) is 0.710. The molecule has 1 aromatic heterocycles. The molecule has 3 aromatic carbocycles. The Labute approximate surface area is 204 Å². The number of fused-ring (bicyclic) bond motifs is 1. The number of nitrogens with zero attached hydrogens (tertiary/aromatic N) is 4. The third-order valence-corrected chi connectivity index (χ3v) is 6.11. The third kappa shape index (κ3) is 4.62. The number of carbonyl (C=O) groups excluding carboxylic acids is 1. The molecule has 0 atom stereocenters. The van der Waals surface area contributed by atoms with Gasteiger partial charge in [0.25, 0.3) is 11.5 Å². The summed E-state index contributed by atoms with van der Waals surface area (Å²) in [6.45, 7) is 0. The minimum Gasteiger partial charge on any atom is -0.496 e. The summed E-state index contributed by atoms with van der Waals surface area (Å²) in [7, 11) is 1.58. The number of para-hydroxylation sites is 3. The topological polar surface area (TPSA) is 97.9 Å². The summed E-state index contributed by atoms with van der Waals surface area (Å²) in [5.41, 5.74) is 1.80. The lowest BCUT2D eigenvalue weighted by Gasteiger charge is -2.10. The first-order valence-electron chi connectivity index (χ1n) is 10.7. The van der Waals surface area contributed by atoms with Gasteiger partial charge in [-0.3, -0.25) is 19.5 Å². The van der Waals surface area contributed by atoms with Gasteiger partial charge in [-0.15, -0.1) is 5.10 Å². The molecule has 0 bridgehead atoms. The van der Waals surface area contributed by atoms with Gasteiger partial charge in [0.05, 0.1) is 34.8 Å². The van der Waals surface area contributed by atoms with Gasteiger partial charge >= 0.3 is 0 Å². The third-order valence-electron chi connectivity index (χ3n) is 5.21. The largest absolute Gasteiger partial charge is 0.496 e. The van der Waals surface area contributed by atoms with Crippen LogP contribution in [-0.4, -0.2) is 34.0 Å². The molecule has 8 nitrogen and oxygen atoms in total. The zero-order chi connectivity index (χ0) is 24.2. The van der Waals surface area contributed by atoms with Gasteiger partial charge in [0, 0.05) is 5.56 Å². The molecule has 35 heavy (non-hydrogen) atoms. The maximum Gasteiger partial charge on any atom is 0.266 e. The highest BCUT2D eigenvalue weighted by Gasteiger charge is 2.24. The molecular formula is C26H19N5O3S. The van der Waals surface area contributed by atoms with E-state index in [0.717, 1.165) is 5.56 Å². The Bertz CT molecular complexity index is 1580. The molecule has 1 aliphatic rings. The first kappa shape index (κ1) is 22.3. The number of benzene rings is 3. The first-order chi connectivity index (χ1) is 17.1. The average Bonchev–Trinajstić information content (AvgIpc) is 3.23. The number of hydrogen-bond acceptors (Lipinski definition) is 7. The summed E-state index contributed by atoms with van der Waals surface area (Å²) in [4.78, 5) is 30.7. The number of rotatable bonds is 5. The fraction of sp³-hybridized carbons (Fsp3) is 0.0385. The maximum atomic E-state index is 13.2. The highest BCUT2D eigenvalue weighted by atomic mass is 32.2. The van der Waals surface area contributed by atoms with E-state index >= 15 is 0 Å². The Morgan fingerprint density at radius 2 is 1.71 bits per heavy atom. The predicted octanol–water partition coefficient (Wildman–Crippen LogP) is 3.99.